The lowest BCUT2D eigenvalue weighted by Gasteiger charge is -2.19. The van der Waals surface area contributed by atoms with Crippen LogP contribution in [-0.4, -0.2) is 22.1 Å². The van der Waals surface area contributed by atoms with Gasteiger partial charge in [0.1, 0.15) is 17.1 Å². The van der Waals surface area contributed by atoms with E-state index in [2.05, 4.69) is 0 Å². The lowest BCUT2D eigenvalue weighted by atomic mass is 10.3. The zero-order valence-corrected chi connectivity index (χ0v) is 16.2. The van der Waals surface area contributed by atoms with E-state index in [4.69, 9.17) is 0 Å². The number of amides is 1. The maximum absolute atomic E-state index is 14.3. The molecule has 0 aliphatic carbocycles. The van der Waals surface area contributed by atoms with Crippen molar-refractivity contribution in [1.82, 2.24) is 9.13 Å². The molecule has 146 valence electrons. The number of carbonyl (C=O) groups is 1. The Bertz CT molecular complexity index is 1320. The first kappa shape index (κ1) is 18.8. The number of aromatic nitrogens is 2. The van der Waals surface area contributed by atoms with E-state index < -0.39 is 17.1 Å². The summed E-state index contributed by atoms with van der Waals surface area (Å²) in [5.41, 5.74) is -0.483. The number of fused-ring (bicyclic) bond motifs is 1. The fourth-order valence-corrected chi connectivity index (χ4v) is 3.95. The third-order valence-corrected chi connectivity index (χ3v) is 5.55. The quantitative estimate of drug-likeness (QED) is 0.521. The molecule has 1 amide bonds. The predicted molar refractivity (Wildman–Crippen MR) is 111 cm³/mol. The van der Waals surface area contributed by atoms with Crippen molar-refractivity contribution in [2.45, 2.75) is 6.54 Å². The first-order valence-corrected chi connectivity index (χ1v) is 9.66. The molecule has 0 saturated carbocycles. The van der Waals surface area contributed by atoms with Crippen LogP contribution in [0, 0.1) is 5.82 Å². The molecule has 2 aromatic heterocycles. The standard InChI is InChI=1S/C21H16FN3O3S/c1-23(14-7-3-2-4-8-14)18(26)13-24-17-11-12-29-19(17)20(27)25(21(24)28)16-10-6-5-9-15(16)22/h2-12H,13H2,1H3. The number of para-hydroxylation sites is 2. The molecule has 0 radical (unpaired) electrons. The molecule has 29 heavy (non-hydrogen) atoms. The number of hydrogen-bond acceptors (Lipinski definition) is 4. The molecule has 8 heteroatoms. The van der Waals surface area contributed by atoms with Crippen LogP contribution < -0.4 is 16.1 Å². The van der Waals surface area contributed by atoms with E-state index in [0.717, 1.165) is 15.9 Å². The average molecular weight is 409 g/mol. The summed E-state index contributed by atoms with van der Waals surface area (Å²) in [5.74, 6) is -1.04. The first-order valence-electron chi connectivity index (χ1n) is 8.78. The van der Waals surface area contributed by atoms with Gasteiger partial charge >= 0.3 is 5.69 Å². The van der Waals surface area contributed by atoms with E-state index in [-0.39, 0.29) is 22.8 Å². The number of rotatable bonds is 4. The molecule has 0 bridgehead atoms. The number of anilines is 1. The molecule has 0 spiro atoms. The fourth-order valence-electron chi connectivity index (χ4n) is 3.12. The van der Waals surface area contributed by atoms with Gasteiger partial charge in [0.15, 0.2) is 0 Å². The van der Waals surface area contributed by atoms with E-state index in [1.807, 2.05) is 6.07 Å². The number of likely N-dealkylation sites (N-methyl/N-ethyl adjacent to an activating group) is 1. The molecule has 4 aromatic rings. The smallest absolute Gasteiger partial charge is 0.314 e. The van der Waals surface area contributed by atoms with Gasteiger partial charge in [0, 0.05) is 12.7 Å². The third-order valence-electron chi connectivity index (χ3n) is 4.66. The highest BCUT2D eigenvalue weighted by atomic mass is 32.1. The summed E-state index contributed by atoms with van der Waals surface area (Å²) in [6.45, 7) is -0.286. The summed E-state index contributed by atoms with van der Waals surface area (Å²) in [6, 6.07) is 16.2. The lowest BCUT2D eigenvalue weighted by molar-refractivity contribution is -0.118. The van der Waals surface area contributed by atoms with Gasteiger partial charge in [-0.05, 0) is 35.7 Å². The third kappa shape index (κ3) is 3.27. The van der Waals surface area contributed by atoms with Gasteiger partial charge < -0.3 is 4.90 Å². The van der Waals surface area contributed by atoms with Crippen molar-refractivity contribution in [3.63, 3.8) is 0 Å². The Hall–Kier alpha value is -3.52. The van der Waals surface area contributed by atoms with Gasteiger partial charge in [0.2, 0.25) is 5.91 Å². The number of thiophene rings is 1. The Morgan fingerprint density at radius 1 is 1.03 bits per heavy atom. The monoisotopic (exact) mass is 409 g/mol. The SMILES string of the molecule is CN(C(=O)Cn1c(=O)n(-c2ccccc2F)c(=O)c2sccc21)c1ccccc1. The number of nitrogens with zero attached hydrogens (tertiary/aromatic N) is 3. The molecule has 0 aliphatic heterocycles. The number of halogens is 1. The van der Waals surface area contributed by atoms with Crippen molar-refractivity contribution in [3.8, 4) is 5.69 Å². The summed E-state index contributed by atoms with van der Waals surface area (Å²) in [7, 11) is 1.61. The van der Waals surface area contributed by atoms with Crippen LogP contribution in [0.15, 0.2) is 75.6 Å². The highest BCUT2D eigenvalue weighted by molar-refractivity contribution is 7.17. The molecule has 0 unspecified atom stereocenters. The van der Waals surface area contributed by atoms with Crippen LogP contribution in [0.2, 0.25) is 0 Å². The minimum Gasteiger partial charge on any atom is -0.314 e. The second-order valence-electron chi connectivity index (χ2n) is 6.38. The van der Waals surface area contributed by atoms with E-state index in [1.54, 1.807) is 48.8 Å². The molecule has 0 atom stereocenters. The fraction of sp³-hybridized carbons (Fsp3) is 0.0952. The second-order valence-corrected chi connectivity index (χ2v) is 7.30. The highest BCUT2D eigenvalue weighted by Gasteiger charge is 2.20. The van der Waals surface area contributed by atoms with Crippen molar-refractivity contribution in [2.24, 2.45) is 0 Å². The van der Waals surface area contributed by atoms with Gasteiger partial charge in [-0.15, -0.1) is 11.3 Å². The Morgan fingerprint density at radius 3 is 2.45 bits per heavy atom. The highest BCUT2D eigenvalue weighted by Crippen LogP contribution is 2.18. The normalized spacial score (nSPS) is 11.0. The molecule has 2 aromatic carbocycles. The predicted octanol–water partition coefficient (Wildman–Crippen LogP) is 3.02. The number of carbonyl (C=O) groups excluding carboxylic acids is 1. The van der Waals surface area contributed by atoms with Crippen molar-refractivity contribution in [3.05, 3.63) is 92.7 Å². The van der Waals surface area contributed by atoms with Gasteiger partial charge in [-0.3, -0.25) is 14.2 Å². The molecule has 0 aliphatic rings. The molecule has 2 heterocycles. The number of hydrogen-bond donors (Lipinski definition) is 0. The van der Waals surface area contributed by atoms with Gasteiger partial charge in [0.05, 0.1) is 11.2 Å². The molecule has 0 fully saturated rings. The Morgan fingerprint density at radius 2 is 1.72 bits per heavy atom. The van der Waals surface area contributed by atoms with Crippen LogP contribution in [0.3, 0.4) is 0 Å². The summed E-state index contributed by atoms with van der Waals surface area (Å²) in [5, 5.41) is 1.67. The van der Waals surface area contributed by atoms with Crippen LogP contribution >= 0.6 is 11.3 Å². The zero-order valence-electron chi connectivity index (χ0n) is 15.4. The molecule has 4 rings (SSSR count). The number of benzene rings is 2. The largest absolute Gasteiger partial charge is 0.336 e. The maximum atomic E-state index is 14.3. The second kappa shape index (κ2) is 7.48. The van der Waals surface area contributed by atoms with Crippen LogP contribution in [0.25, 0.3) is 15.9 Å². The van der Waals surface area contributed by atoms with Crippen molar-refractivity contribution in [2.75, 3.05) is 11.9 Å². The summed E-state index contributed by atoms with van der Waals surface area (Å²) >= 11 is 1.14. The average Bonchev–Trinajstić information content (AvgIpc) is 3.22. The van der Waals surface area contributed by atoms with Crippen LogP contribution in [0.1, 0.15) is 0 Å². The van der Waals surface area contributed by atoms with Crippen molar-refractivity contribution < 1.29 is 9.18 Å². The maximum Gasteiger partial charge on any atom is 0.336 e. The molecule has 6 nitrogen and oxygen atoms in total. The first-order chi connectivity index (χ1) is 14.0. The van der Waals surface area contributed by atoms with Gasteiger partial charge in [-0.25, -0.2) is 13.8 Å². The summed E-state index contributed by atoms with van der Waals surface area (Å²) < 4.78 is 16.6. The van der Waals surface area contributed by atoms with E-state index in [9.17, 15) is 18.8 Å². The van der Waals surface area contributed by atoms with Crippen molar-refractivity contribution >= 4 is 33.1 Å². The Labute approximate surface area is 168 Å². The van der Waals surface area contributed by atoms with Gasteiger partial charge in [-0.2, -0.15) is 0 Å². The van der Waals surface area contributed by atoms with E-state index in [1.165, 1.54) is 27.7 Å². The zero-order chi connectivity index (χ0) is 20.5. The van der Waals surface area contributed by atoms with E-state index in [0.29, 0.717) is 11.2 Å². The molecular weight excluding hydrogens is 393 g/mol. The summed E-state index contributed by atoms with van der Waals surface area (Å²) in [6.07, 6.45) is 0. The van der Waals surface area contributed by atoms with E-state index >= 15 is 0 Å². The van der Waals surface area contributed by atoms with Crippen LogP contribution in [0.5, 0.6) is 0 Å². The Balaban J connectivity index is 1.86. The molecular formula is C21H16FN3O3S. The van der Waals surface area contributed by atoms with Crippen LogP contribution in [-0.2, 0) is 11.3 Å². The summed E-state index contributed by atoms with van der Waals surface area (Å²) in [4.78, 5) is 40.3. The molecule has 0 saturated heterocycles. The van der Waals surface area contributed by atoms with Gasteiger partial charge in [-0.1, -0.05) is 30.3 Å². The topological polar surface area (TPSA) is 64.3 Å². The Kier molecular flexibility index (Phi) is 4.85. The van der Waals surface area contributed by atoms with Crippen molar-refractivity contribution in [1.29, 1.82) is 0 Å². The van der Waals surface area contributed by atoms with Crippen LogP contribution in [0.4, 0.5) is 10.1 Å². The molecule has 0 N–H and O–H groups in total. The minimum absolute atomic E-state index is 0.143. The minimum atomic E-state index is -0.763. The lowest BCUT2D eigenvalue weighted by Crippen LogP contribution is -2.42. The van der Waals surface area contributed by atoms with Gasteiger partial charge in [0.25, 0.3) is 5.56 Å².